The molecule has 1 aromatic rings. The van der Waals surface area contributed by atoms with E-state index in [0.29, 0.717) is 11.7 Å². The Balaban J connectivity index is 1.90. The minimum Gasteiger partial charge on any atom is -0.348 e. The zero-order valence-corrected chi connectivity index (χ0v) is 15.0. The number of nitrogens with zero attached hydrogens (tertiary/aromatic N) is 1. The molecule has 1 amide bonds. The molecule has 124 valence electrons. The maximum Gasteiger partial charge on any atom is 0.229 e. The van der Waals surface area contributed by atoms with Crippen LogP contribution in [0.5, 0.6) is 0 Å². The zero-order valence-electron chi connectivity index (χ0n) is 14.2. The van der Waals surface area contributed by atoms with Gasteiger partial charge in [-0.05, 0) is 43.4 Å². The van der Waals surface area contributed by atoms with Gasteiger partial charge in [0, 0.05) is 36.2 Å². The molecule has 0 radical (unpaired) electrons. The topological polar surface area (TPSA) is 37.4 Å². The Morgan fingerprint density at radius 3 is 2.74 bits per heavy atom. The van der Waals surface area contributed by atoms with Crippen LogP contribution >= 0.6 is 11.8 Å². The van der Waals surface area contributed by atoms with Crippen LogP contribution in [-0.4, -0.2) is 36.4 Å². The van der Waals surface area contributed by atoms with Crippen molar-refractivity contribution in [1.82, 2.24) is 4.90 Å². The zero-order chi connectivity index (χ0) is 16.6. The van der Waals surface area contributed by atoms with Crippen molar-refractivity contribution in [1.29, 1.82) is 0 Å². The van der Waals surface area contributed by atoms with Crippen molar-refractivity contribution in [3.05, 3.63) is 29.3 Å². The lowest BCUT2D eigenvalue weighted by Gasteiger charge is -2.28. The van der Waals surface area contributed by atoms with Gasteiger partial charge < -0.3 is 4.90 Å². The van der Waals surface area contributed by atoms with Gasteiger partial charge in [-0.2, -0.15) is 0 Å². The fourth-order valence-corrected chi connectivity index (χ4v) is 5.15. The monoisotopic (exact) mass is 331 g/mol. The maximum absolute atomic E-state index is 12.9. The molecule has 23 heavy (non-hydrogen) atoms. The number of carbonyl (C=O) groups excluding carboxylic acids is 2. The van der Waals surface area contributed by atoms with E-state index < -0.39 is 0 Å². The van der Waals surface area contributed by atoms with Crippen molar-refractivity contribution in [3.8, 4) is 0 Å². The predicted molar refractivity (Wildman–Crippen MR) is 94.1 cm³/mol. The molecule has 1 fully saturated rings. The molecule has 1 aliphatic heterocycles. The number of ketones is 1. The minimum absolute atomic E-state index is 0.101. The van der Waals surface area contributed by atoms with Crippen LogP contribution in [0.4, 0.5) is 0 Å². The fraction of sp³-hybridized carbons (Fsp3) is 0.579. The molecule has 1 saturated carbocycles. The van der Waals surface area contributed by atoms with E-state index in [1.54, 1.807) is 30.8 Å². The maximum atomic E-state index is 12.9. The van der Waals surface area contributed by atoms with Crippen LogP contribution in [0.25, 0.3) is 0 Å². The van der Waals surface area contributed by atoms with Crippen LogP contribution in [0.2, 0.25) is 0 Å². The summed E-state index contributed by atoms with van der Waals surface area (Å²) in [6.07, 6.45) is 4.66. The number of thioether (sulfide) groups is 1. The number of benzene rings is 1. The fourth-order valence-electron chi connectivity index (χ4n) is 3.81. The molecule has 2 aliphatic rings. The van der Waals surface area contributed by atoms with Crippen LogP contribution in [0, 0.1) is 11.8 Å². The minimum atomic E-state index is -0.170. The van der Waals surface area contributed by atoms with E-state index in [2.05, 4.69) is 6.07 Å². The van der Waals surface area contributed by atoms with Crippen LogP contribution < -0.4 is 0 Å². The van der Waals surface area contributed by atoms with Crippen molar-refractivity contribution < 1.29 is 9.59 Å². The summed E-state index contributed by atoms with van der Waals surface area (Å²) in [5.74, 6) is 2.03. The van der Waals surface area contributed by atoms with Crippen LogP contribution in [0.15, 0.2) is 23.1 Å². The number of fused-ring (bicyclic) bond motifs is 2. The first-order chi connectivity index (χ1) is 11.0. The van der Waals surface area contributed by atoms with Gasteiger partial charge in [-0.3, -0.25) is 9.59 Å². The number of hydrogen-bond acceptors (Lipinski definition) is 3. The Bertz CT molecular complexity index is 626. The molecule has 1 aromatic carbocycles. The lowest BCUT2D eigenvalue weighted by Crippen LogP contribution is -2.27. The van der Waals surface area contributed by atoms with Crippen LogP contribution in [-0.2, 0) is 4.79 Å². The van der Waals surface area contributed by atoms with Crippen LogP contribution in [0.3, 0.4) is 0 Å². The summed E-state index contributed by atoms with van der Waals surface area (Å²) < 4.78 is 0. The first-order valence-electron chi connectivity index (χ1n) is 8.51. The van der Waals surface area contributed by atoms with E-state index in [-0.39, 0.29) is 17.7 Å². The van der Waals surface area contributed by atoms with E-state index >= 15 is 0 Å². The quantitative estimate of drug-likeness (QED) is 0.823. The molecule has 0 bridgehead atoms. The van der Waals surface area contributed by atoms with Crippen LogP contribution in [0.1, 0.15) is 54.4 Å². The molecule has 0 spiro atoms. The average molecular weight is 331 g/mol. The molecule has 1 unspecified atom stereocenters. The van der Waals surface area contributed by atoms with Crippen molar-refractivity contribution >= 4 is 23.5 Å². The third kappa shape index (κ3) is 3.18. The van der Waals surface area contributed by atoms with E-state index in [4.69, 9.17) is 0 Å². The second-order valence-corrected chi connectivity index (χ2v) is 8.10. The Morgan fingerprint density at radius 2 is 2.00 bits per heavy atom. The highest BCUT2D eigenvalue weighted by molar-refractivity contribution is 7.99. The van der Waals surface area contributed by atoms with E-state index in [0.717, 1.165) is 28.2 Å². The molecule has 3 atom stereocenters. The SMILES string of the molecule is CC(C(=O)N(C)C)c1ccc2c(c1)SC[C@@H]1CCCC[C@H]1C2=O. The largest absolute Gasteiger partial charge is 0.348 e. The van der Waals surface area contributed by atoms with Gasteiger partial charge >= 0.3 is 0 Å². The summed E-state index contributed by atoms with van der Waals surface area (Å²) in [7, 11) is 3.57. The smallest absolute Gasteiger partial charge is 0.229 e. The summed E-state index contributed by atoms with van der Waals surface area (Å²) >= 11 is 1.80. The Hall–Kier alpha value is -1.29. The van der Waals surface area contributed by atoms with Gasteiger partial charge in [0.1, 0.15) is 0 Å². The summed E-state index contributed by atoms with van der Waals surface area (Å²) in [5.41, 5.74) is 1.88. The summed E-state index contributed by atoms with van der Waals surface area (Å²) in [4.78, 5) is 27.8. The Morgan fingerprint density at radius 1 is 1.26 bits per heavy atom. The number of likely N-dealkylation sites (N-methyl/N-ethyl adjacent to an activating group) is 1. The van der Waals surface area contributed by atoms with E-state index in [1.165, 1.54) is 19.3 Å². The highest BCUT2D eigenvalue weighted by Crippen LogP contribution is 2.42. The first kappa shape index (κ1) is 16.6. The second kappa shape index (κ2) is 6.68. The summed E-state index contributed by atoms with van der Waals surface area (Å²) in [5, 5.41) is 0. The van der Waals surface area contributed by atoms with Gasteiger partial charge in [-0.1, -0.05) is 18.9 Å². The molecule has 0 saturated heterocycles. The lowest BCUT2D eigenvalue weighted by atomic mass is 9.76. The summed E-state index contributed by atoms with van der Waals surface area (Å²) in [6.45, 7) is 1.94. The molecular weight excluding hydrogens is 306 g/mol. The third-order valence-electron chi connectivity index (χ3n) is 5.28. The number of hydrogen-bond donors (Lipinski definition) is 0. The molecule has 0 N–H and O–H groups in total. The molecule has 3 rings (SSSR count). The van der Waals surface area contributed by atoms with Gasteiger partial charge in [0.2, 0.25) is 5.91 Å². The van der Waals surface area contributed by atoms with Gasteiger partial charge in [0.15, 0.2) is 5.78 Å². The lowest BCUT2D eigenvalue weighted by molar-refractivity contribution is -0.129. The summed E-state index contributed by atoms with van der Waals surface area (Å²) in [6, 6.07) is 5.99. The van der Waals surface area contributed by atoms with Gasteiger partial charge in [0.25, 0.3) is 0 Å². The standard InChI is InChI=1S/C19H25NO2S/c1-12(19(22)20(2)3)13-8-9-16-17(10-13)23-11-14-6-4-5-7-15(14)18(16)21/h8-10,12,14-15H,4-7,11H2,1-3H3/t12?,14-,15+/m0/s1. The normalized spacial score (nSPS) is 25.1. The van der Waals surface area contributed by atoms with Crippen molar-refractivity contribution in [3.63, 3.8) is 0 Å². The highest BCUT2D eigenvalue weighted by atomic mass is 32.2. The third-order valence-corrected chi connectivity index (χ3v) is 6.52. The highest BCUT2D eigenvalue weighted by Gasteiger charge is 2.35. The van der Waals surface area contributed by atoms with Crippen molar-refractivity contribution in [2.24, 2.45) is 11.8 Å². The van der Waals surface area contributed by atoms with Gasteiger partial charge in [-0.25, -0.2) is 0 Å². The molecule has 4 heteroatoms. The molecule has 1 heterocycles. The Kier molecular flexibility index (Phi) is 4.81. The predicted octanol–water partition coefficient (Wildman–Crippen LogP) is 3.97. The van der Waals surface area contributed by atoms with Crippen molar-refractivity contribution in [2.45, 2.75) is 43.4 Å². The molecule has 1 aliphatic carbocycles. The number of rotatable bonds is 2. The molecular formula is C19H25NO2S. The number of carbonyl (C=O) groups is 2. The average Bonchev–Trinajstić information content (AvgIpc) is 2.71. The van der Waals surface area contributed by atoms with Gasteiger partial charge in [0.05, 0.1) is 5.92 Å². The first-order valence-corrected chi connectivity index (χ1v) is 9.49. The van der Waals surface area contributed by atoms with Crippen molar-refractivity contribution in [2.75, 3.05) is 19.8 Å². The van der Waals surface area contributed by atoms with E-state index in [1.807, 2.05) is 19.1 Å². The molecule has 3 nitrogen and oxygen atoms in total. The number of Topliss-reactive ketones (excluding diaryl/α,β-unsaturated/α-hetero) is 1. The second-order valence-electron chi connectivity index (χ2n) is 7.04. The van der Waals surface area contributed by atoms with Gasteiger partial charge in [-0.15, -0.1) is 11.8 Å². The Labute approximate surface area is 142 Å². The number of amides is 1. The molecule has 0 aromatic heterocycles. The van der Waals surface area contributed by atoms with E-state index in [9.17, 15) is 9.59 Å².